The predicted molar refractivity (Wildman–Crippen MR) is 114 cm³/mol. The molecule has 1 N–H and O–H groups in total. The van der Waals surface area contributed by atoms with Gasteiger partial charge in [0.25, 0.3) is 5.91 Å². The van der Waals surface area contributed by atoms with Crippen LogP contribution < -0.4 is 10.1 Å². The van der Waals surface area contributed by atoms with E-state index in [4.69, 9.17) is 9.15 Å². The highest BCUT2D eigenvalue weighted by molar-refractivity contribution is 7.89. The molecule has 2 heterocycles. The molecular formula is C21H27N3O6S. The number of hydrogen-bond acceptors (Lipinski definition) is 6. The number of carbonyl (C=O) groups is 2. The normalized spacial score (nSPS) is 14.9. The molecule has 0 saturated carbocycles. The van der Waals surface area contributed by atoms with Gasteiger partial charge in [-0.3, -0.25) is 9.59 Å². The molecule has 1 aliphatic rings. The van der Waals surface area contributed by atoms with Gasteiger partial charge in [-0.05, 0) is 36.2 Å². The van der Waals surface area contributed by atoms with E-state index in [1.54, 1.807) is 24.1 Å². The smallest absolute Gasteiger partial charge is 0.289 e. The van der Waals surface area contributed by atoms with Crippen LogP contribution >= 0.6 is 0 Å². The summed E-state index contributed by atoms with van der Waals surface area (Å²) in [4.78, 5) is 25.9. The van der Waals surface area contributed by atoms with Crippen LogP contribution in [-0.4, -0.2) is 75.0 Å². The van der Waals surface area contributed by atoms with Gasteiger partial charge in [0.1, 0.15) is 5.75 Å². The second-order valence-corrected chi connectivity index (χ2v) is 9.27. The molecule has 0 bridgehead atoms. The minimum Gasteiger partial charge on any atom is -0.497 e. The second-order valence-electron chi connectivity index (χ2n) is 7.18. The van der Waals surface area contributed by atoms with Crippen LogP contribution in [0.5, 0.6) is 5.75 Å². The van der Waals surface area contributed by atoms with Crippen molar-refractivity contribution in [3.05, 3.63) is 54.0 Å². The number of nitrogens with zero attached hydrogens (tertiary/aromatic N) is 2. The monoisotopic (exact) mass is 449 g/mol. The summed E-state index contributed by atoms with van der Waals surface area (Å²) in [5, 5.41) is 2.67. The van der Waals surface area contributed by atoms with Crippen LogP contribution in [-0.2, 0) is 21.2 Å². The molecule has 1 aromatic carbocycles. The summed E-state index contributed by atoms with van der Waals surface area (Å²) >= 11 is 0. The van der Waals surface area contributed by atoms with Crippen LogP contribution in [0.4, 0.5) is 0 Å². The zero-order valence-electron chi connectivity index (χ0n) is 17.5. The minimum atomic E-state index is -3.51. The van der Waals surface area contributed by atoms with Gasteiger partial charge in [-0.2, -0.15) is 4.31 Å². The number of sulfonamides is 1. The molecule has 9 nitrogen and oxygen atoms in total. The number of methoxy groups -OCH3 is 1. The summed E-state index contributed by atoms with van der Waals surface area (Å²) < 4.78 is 36.7. The third kappa shape index (κ3) is 6.31. The van der Waals surface area contributed by atoms with Gasteiger partial charge in [-0.15, -0.1) is 0 Å². The summed E-state index contributed by atoms with van der Waals surface area (Å²) in [7, 11) is -1.92. The highest BCUT2D eigenvalue weighted by Crippen LogP contribution is 2.13. The van der Waals surface area contributed by atoms with Crippen LogP contribution in [0.1, 0.15) is 22.5 Å². The minimum absolute atomic E-state index is 0.0509. The number of amides is 2. The van der Waals surface area contributed by atoms with Crippen molar-refractivity contribution in [2.24, 2.45) is 0 Å². The number of hydrogen-bond donors (Lipinski definition) is 1. The highest BCUT2D eigenvalue weighted by Gasteiger charge is 2.29. The topological polar surface area (TPSA) is 109 Å². The molecule has 1 aromatic heterocycles. The Morgan fingerprint density at radius 2 is 1.81 bits per heavy atom. The number of piperazine rings is 1. The molecule has 3 rings (SSSR count). The predicted octanol–water partition coefficient (Wildman–Crippen LogP) is 1.12. The first-order chi connectivity index (χ1) is 14.9. The molecular weight excluding hydrogens is 422 g/mol. The molecule has 10 heteroatoms. The van der Waals surface area contributed by atoms with E-state index in [9.17, 15) is 18.0 Å². The van der Waals surface area contributed by atoms with Gasteiger partial charge in [0.15, 0.2) is 5.76 Å². The van der Waals surface area contributed by atoms with Gasteiger partial charge in [0.05, 0.1) is 19.1 Å². The third-order valence-corrected chi connectivity index (χ3v) is 7.01. The van der Waals surface area contributed by atoms with Crippen molar-refractivity contribution in [3.8, 4) is 5.75 Å². The molecule has 1 aliphatic heterocycles. The quantitative estimate of drug-likeness (QED) is 0.615. The van der Waals surface area contributed by atoms with Crippen molar-refractivity contribution in [3.63, 3.8) is 0 Å². The van der Waals surface area contributed by atoms with Crippen molar-refractivity contribution >= 4 is 21.8 Å². The lowest BCUT2D eigenvalue weighted by molar-refractivity contribution is -0.120. The molecule has 31 heavy (non-hydrogen) atoms. The van der Waals surface area contributed by atoms with E-state index in [1.807, 2.05) is 24.3 Å². The number of rotatable bonds is 9. The van der Waals surface area contributed by atoms with E-state index in [1.165, 1.54) is 10.6 Å². The Labute approximate surface area is 182 Å². The molecule has 0 spiro atoms. The lowest BCUT2D eigenvalue weighted by Gasteiger charge is -2.33. The summed E-state index contributed by atoms with van der Waals surface area (Å²) in [5.74, 6) is 0.386. The SMILES string of the molecule is COc1ccc(CCC(=O)NCCS(=O)(=O)N2CCN(C(=O)c3ccco3)CC2)cc1. The van der Waals surface area contributed by atoms with Crippen LogP contribution in [0.2, 0.25) is 0 Å². The van der Waals surface area contributed by atoms with Crippen LogP contribution in [0.3, 0.4) is 0 Å². The Morgan fingerprint density at radius 3 is 2.42 bits per heavy atom. The first-order valence-electron chi connectivity index (χ1n) is 10.1. The van der Waals surface area contributed by atoms with Crippen molar-refractivity contribution < 1.29 is 27.2 Å². The Morgan fingerprint density at radius 1 is 1.10 bits per heavy atom. The molecule has 0 radical (unpaired) electrons. The fourth-order valence-electron chi connectivity index (χ4n) is 3.31. The van der Waals surface area contributed by atoms with Gasteiger partial charge in [0.2, 0.25) is 15.9 Å². The lowest BCUT2D eigenvalue weighted by atomic mass is 10.1. The average molecular weight is 450 g/mol. The Bertz CT molecular complexity index is 965. The zero-order valence-corrected chi connectivity index (χ0v) is 18.3. The van der Waals surface area contributed by atoms with Gasteiger partial charge in [-0.25, -0.2) is 8.42 Å². The maximum Gasteiger partial charge on any atom is 0.289 e. The fraction of sp³-hybridized carbons (Fsp3) is 0.429. The molecule has 168 valence electrons. The van der Waals surface area contributed by atoms with E-state index in [0.29, 0.717) is 19.5 Å². The third-order valence-electron chi connectivity index (χ3n) is 5.13. The van der Waals surface area contributed by atoms with E-state index < -0.39 is 10.0 Å². The number of benzene rings is 1. The fourth-order valence-corrected chi connectivity index (χ4v) is 4.65. The van der Waals surface area contributed by atoms with E-state index in [2.05, 4.69) is 5.32 Å². The molecule has 0 atom stereocenters. The first-order valence-corrected chi connectivity index (χ1v) is 11.7. The van der Waals surface area contributed by atoms with Crippen molar-refractivity contribution in [1.29, 1.82) is 0 Å². The number of nitrogens with one attached hydrogen (secondary N) is 1. The largest absolute Gasteiger partial charge is 0.497 e. The van der Waals surface area contributed by atoms with Crippen LogP contribution in [0.25, 0.3) is 0 Å². The van der Waals surface area contributed by atoms with Gasteiger partial charge >= 0.3 is 0 Å². The van der Waals surface area contributed by atoms with Gasteiger partial charge in [0, 0.05) is 39.1 Å². The summed E-state index contributed by atoms with van der Waals surface area (Å²) in [5.41, 5.74) is 1.01. The lowest BCUT2D eigenvalue weighted by Crippen LogP contribution is -2.51. The van der Waals surface area contributed by atoms with Crippen LogP contribution in [0, 0.1) is 0 Å². The summed E-state index contributed by atoms with van der Waals surface area (Å²) in [6.45, 7) is 1.09. The van der Waals surface area contributed by atoms with Crippen molar-refractivity contribution in [2.45, 2.75) is 12.8 Å². The molecule has 1 fully saturated rings. The highest BCUT2D eigenvalue weighted by atomic mass is 32.2. The molecule has 1 saturated heterocycles. The van der Waals surface area contributed by atoms with E-state index >= 15 is 0 Å². The standard InChI is InChI=1S/C21H27N3O6S/c1-29-18-7-4-17(5-8-18)6-9-20(25)22-10-16-31(27,28)24-13-11-23(12-14-24)21(26)19-3-2-15-30-19/h2-5,7-8,15H,6,9-14,16H2,1H3,(H,22,25). The van der Waals surface area contributed by atoms with E-state index in [-0.39, 0.29) is 49.4 Å². The van der Waals surface area contributed by atoms with Crippen LogP contribution in [0.15, 0.2) is 47.1 Å². The Hall–Kier alpha value is -2.85. The Balaban J connectivity index is 1.37. The van der Waals surface area contributed by atoms with Gasteiger partial charge in [-0.1, -0.05) is 12.1 Å². The molecule has 0 unspecified atom stereocenters. The van der Waals surface area contributed by atoms with Crippen molar-refractivity contribution in [2.75, 3.05) is 45.6 Å². The molecule has 2 aromatic rings. The van der Waals surface area contributed by atoms with Gasteiger partial charge < -0.3 is 19.4 Å². The molecule has 2 amide bonds. The first kappa shape index (κ1) is 22.8. The summed E-state index contributed by atoms with van der Waals surface area (Å²) in [6.07, 6.45) is 2.27. The average Bonchev–Trinajstić information content (AvgIpc) is 3.32. The number of ether oxygens (including phenoxy) is 1. The molecule has 0 aliphatic carbocycles. The zero-order chi connectivity index (χ0) is 22.3. The number of furan rings is 1. The summed E-state index contributed by atoms with van der Waals surface area (Å²) in [6, 6.07) is 10.7. The maximum absolute atomic E-state index is 12.6. The number of aryl methyl sites for hydroxylation is 1. The second kappa shape index (κ2) is 10.5. The Kier molecular flexibility index (Phi) is 7.69. The maximum atomic E-state index is 12.6. The van der Waals surface area contributed by atoms with Crippen molar-refractivity contribution in [1.82, 2.24) is 14.5 Å². The number of carbonyl (C=O) groups excluding carboxylic acids is 2. The van der Waals surface area contributed by atoms with E-state index in [0.717, 1.165) is 11.3 Å².